The Balaban J connectivity index is 1.79. The minimum atomic E-state index is -0.271. The molecule has 0 saturated carbocycles. The van der Waals surface area contributed by atoms with Crippen molar-refractivity contribution in [1.82, 2.24) is 10.6 Å². The molecule has 0 unspecified atom stereocenters. The molecule has 0 amide bonds. The molecule has 1 heterocycles. The van der Waals surface area contributed by atoms with Crippen LogP contribution in [0.1, 0.15) is 24.5 Å². The molecular weight excluding hydrogens is 353 g/mol. The van der Waals surface area contributed by atoms with Crippen molar-refractivity contribution in [2.24, 2.45) is 4.99 Å². The van der Waals surface area contributed by atoms with E-state index < -0.39 is 0 Å². The Bertz CT molecular complexity index is 599. The van der Waals surface area contributed by atoms with Crippen molar-refractivity contribution in [1.29, 1.82) is 0 Å². The first-order valence-electron chi connectivity index (χ1n) is 9.35. The van der Waals surface area contributed by atoms with Gasteiger partial charge in [-0.1, -0.05) is 0 Å². The lowest BCUT2D eigenvalue weighted by Crippen LogP contribution is -2.38. The van der Waals surface area contributed by atoms with Gasteiger partial charge in [0.15, 0.2) is 12.8 Å². The van der Waals surface area contributed by atoms with Crippen LogP contribution in [-0.2, 0) is 27.2 Å². The fourth-order valence-corrected chi connectivity index (χ4v) is 2.70. The average Bonchev–Trinajstić information content (AvgIpc) is 2.67. The van der Waals surface area contributed by atoms with Crippen molar-refractivity contribution < 1.29 is 23.3 Å². The molecule has 2 N–H and O–H groups in total. The molecule has 152 valence electrons. The molecule has 27 heavy (non-hydrogen) atoms. The maximum atomic E-state index is 13.8. The van der Waals surface area contributed by atoms with Crippen LogP contribution in [-0.4, -0.2) is 59.3 Å². The first-order valence-corrected chi connectivity index (χ1v) is 9.35. The Kier molecular flexibility index (Phi) is 9.89. The largest absolute Gasteiger partial charge is 0.467 e. The van der Waals surface area contributed by atoms with Crippen molar-refractivity contribution >= 4 is 5.96 Å². The van der Waals surface area contributed by atoms with Crippen LogP contribution < -0.4 is 15.4 Å². The number of nitrogens with zero attached hydrogens (tertiary/aromatic N) is 1. The molecule has 8 heteroatoms. The zero-order chi connectivity index (χ0) is 19.3. The number of guanidine groups is 1. The van der Waals surface area contributed by atoms with E-state index in [0.717, 1.165) is 35.8 Å². The SMILES string of the molecule is CCNC(=NCCCOCCOC)NCCc1cc(F)cc2c1OCOC2. The number of ether oxygens (including phenoxy) is 4. The zero-order valence-electron chi connectivity index (χ0n) is 16.2. The molecule has 1 aliphatic heterocycles. The summed E-state index contributed by atoms with van der Waals surface area (Å²) in [6.07, 6.45) is 1.47. The van der Waals surface area contributed by atoms with Crippen molar-refractivity contribution in [3.05, 3.63) is 29.1 Å². The summed E-state index contributed by atoms with van der Waals surface area (Å²) in [5, 5.41) is 6.48. The van der Waals surface area contributed by atoms with E-state index >= 15 is 0 Å². The van der Waals surface area contributed by atoms with Crippen molar-refractivity contribution in [3.63, 3.8) is 0 Å². The quantitative estimate of drug-likeness (QED) is 0.345. The fourth-order valence-electron chi connectivity index (χ4n) is 2.70. The predicted octanol–water partition coefficient (Wildman–Crippen LogP) is 1.84. The highest BCUT2D eigenvalue weighted by molar-refractivity contribution is 5.79. The van der Waals surface area contributed by atoms with Gasteiger partial charge in [-0.2, -0.15) is 0 Å². The van der Waals surface area contributed by atoms with Crippen molar-refractivity contribution in [3.8, 4) is 5.75 Å². The molecule has 0 spiro atoms. The lowest BCUT2D eigenvalue weighted by atomic mass is 10.1. The van der Waals surface area contributed by atoms with Gasteiger partial charge in [0.05, 0.1) is 19.8 Å². The highest BCUT2D eigenvalue weighted by Crippen LogP contribution is 2.29. The molecule has 0 aliphatic carbocycles. The van der Waals surface area contributed by atoms with E-state index in [1.165, 1.54) is 12.1 Å². The van der Waals surface area contributed by atoms with E-state index in [9.17, 15) is 4.39 Å². The second-order valence-electron chi connectivity index (χ2n) is 6.06. The first kappa shape index (κ1) is 21.4. The Morgan fingerprint density at radius 3 is 2.96 bits per heavy atom. The van der Waals surface area contributed by atoms with Crippen LogP contribution in [0.2, 0.25) is 0 Å². The summed E-state index contributed by atoms with van der Waals surface area (Å²) in [4.78, 5) is 4.53. The fraction of sp³-hybridized carbons (Fsp3) is 0.632. The maximum absolute atomic E-state index is 13.8. The van der Waals surface area contributed by atoms with E-state index in [-0.39, 0.29) is 12.6 Å². The predicted molar refractivity (Wildman–Crippen MR) is 102 cm³/mol. The first-order chi connectivity index (χ1) is 13.2. The minimum Gasteiger partial charge on any atom is -0.467 e. The second-order valence-corrected chi connectivity index (χ2v) is 6.06. The van der Waals surface area contributed by atoms with E-state index in [1.54, 1.807) is 7.11 Å². The third-order valence-corrected chi connectivity index (χ3v) is 3.93. The van der Waals surface area contributed by atoms with Gasteiger partial charge in [-0.25, -0.2) is 4.39 Å². The number of methoxy groups -OCH3 is 1. The van der Waals surface area contributed by atoms with Gasteiger partial charge in [0.2, 0.25) is 0 Å². The number of benzene rings is 1. The normalized spacial score (nSPS) is 13.8. The number of rotatable bonds is 11. The maximum Gasteiger partial charge on any atom is 0.191 e. The van der Waals surface area contributed by atoms with Crippen LogP contribution in [0.25, 0.3) is 0 Å². The molecule has 7 nitrogen and oxygen atoms in total. The molecule has 0 radical (unpaired) electrons. The second kappa shape index (κ2) is 12.5. The van der Waals surface area contributed by atoms with Crippen LogP contribution in [0.5, 0.6) is 5.75 Å². The molecule has 0 fully saturated rings. The third kappa shape index (κ3) is 7.70. The molecular formula is C19H30FN3O4. The van der Waals surface area contributed by atoms with Gasteiger partial charge >= 0.3 is 0 Å². The third-order valence-electron chi connectivity index (χ3n) is 3.93. The van der Waals surface area contributed by atoms with E-state index in [1.807, 2.05) is 6.92 Å². The van der Waals surface area contributed by atoms with Gasteiger partial charge in [0.25, 0.3) is 0 Å². The van der Waals surface area contributed by atoms with Crippen LogP contribution >= 0.6 is 0 Å². The van der Waals surface area contributed by atoms with E-state index in [0.29, 0.717) is 45.9 Å². The number of hydrogen-bond acceptors (Lipinski definition) is 5. The smallest absolute Gasteiger partial charge is 0.191 e. The summed E-state index contributed by atoms with van der Waals surface area (Å²) in [5.74, 6) is 1.20. The molecule has 0 bridgehead atoms. The van der Waals surface area contributed by atoms with Gasteiger partial charge < -0.3 is 29.6 Å². The summed E-state index contributed by atoms with van der Waals surface area (Å²) in [5.41, 5.74) is 1.59. The molecule has 1 aromatic rings. The standard InChI is InChI=1S/C19H30FN3O4/c1-3-21-19(22-6-4-8-25-10-9-24-2)23-7-5-15-11-17(20)12-16-13-26-14-27-18(15)16/h11-12H,3-10,13-14H2,1-2H3,(H2,21,22,23). The highest BCUT2D eigenvalue weighted by atomic mass is 19.1. The minimum absolute atomic E-state index is 0.204. The number of halogens is 1. The Hall–Kier alpha value is -1.90. The summed E-state index contributed by atoms with van der Waals surface area (Å²) in [6.45, 7) is 6.51. The molecule has 2 rings (SSSR count). The van der Waals surface area contributed by atoms with Crippen molar-refractivity contribution in [2.45, 2.75) is 26.4 Å². The number of aliphatic imine (C=N–C) groups is 1. The zero-order valence-corrected chi connectivity index (χ0v) is 16.2. The van der Waals surface area contributed by atoms with Crippen LogP contribution in [0.15, 0.2) is 17.1 Å². The number of fused-ring (bicyclic) bond motifs is 1. The molecule has 0 atom stereocenters. The topological polar surface area (TPSA) is 73.3 Å². The van der Waals surface area contributed by atoms with Crippen molar-refractivity contribution in [2.75, 3.05) is 53.4 Å². The lowest BCUT2D eigenvalue weighted by molar-refractivity contribution is -0.0172. The highest BCUT2D eigenvalue weighted by Gasteiger charge is 2.16. The number of nitrogens with one attached hydrogen (secondary N) is 2. The summed E-state index contributed by atoms with van der Waals surface area (Å²) in [6, 6.07) is 2.99. The molecule has 1 aromatic carbocycles. The Labute approximate surface area is 160 Å². The van der Waals surface area contributed by atoms with E-state index in [2.05, 4.69) is 15.6 Å². The molecule has 0 saturated heterocycles. The molecule has 1 aliphatic rings. The Morgan fingerprint density at radius 2 is 2.15 bits per heavy atom. The lowest BCUT2D eigenvalue weighted by Gasteiger charge is -2.21. The van der Waals surface area contributed by atoms with Gasteiger partial charge in [0.1, 0.15) is 11.6 Å². The summed E-state index contributed by atoms with van der Waals surface area (Å²) >= 11 is 0. The monoisotopic (exact) mass is 383 g/mol. The summed E-state index contributed by atoms with van der Waals surface area (Å²) in [7, 11) is 1.65. The number of hydrogen-bond donors (Lipinski definition) is 2. The average molecular weight is 383 g/mol. The van der Waals surface area contributed by atoms with Gasteiger partial charge in [-0.3, -0.25) is 4.99 Å². The molecule has 0 aromatic heterocycles. The van der Waals surface area contributed by atoms with Gasteiger partial charge in [0, 0.05) is 38.9 Å². The summed E-state index contributed by atoms with van der Waals surface area (Å²) < 4.78 is 34.9. The van der Waals surface area contributed by atoms with Crippen LogP contribution in [0.3, 0.4) is 0 Å². The van der Waals surface area contributed by atoms with Crippen LogP contribution in [0, 0.1) is 5.82 Å². The Morgan fingerprint density at radius 1 is 1.26 bits per heavy atom. The van der Waals surface area contributed by atoms with Gasteiger partial charge in [-0.05, 0) is 37.5 Å². The van der Waals surface area contributed by atoms with E-state index in [4.69, 9.17) is 18.9 Å². The van der Waals surface area contributed by atoms with Crippen LogP contribution in [0.4, 0.5) is 4.39 Å². The van der Waals surface area contributed by atoms with Gasteiger partial charge in [-0.15, -0.1) is 0 Å².